The number of rotatable bonds is 28. The van der Waals surface area contributed by atoms with Crippen LogP contribution in [0, 0.1) is 75.4 Å². The van der Waals surface area contributed by atoms with Gasteiger partial charge in [0.15, 0.2) is 0 Å². The zero-order valence-corrected chi connectivity index (χ0v) is 98.3. The van der Waals surface area contributed by atoms with Gasteiger partial charge in [-0.1, -0.05) is 247 Å². The molecular formula is C118H249N13. The van der Waals surface area contributed by atoms with Gasteiger partial charge >= 0.3 is 0 Å². The highest BCUT2D eigenvalue weighted by Crippen LogP contribution is 2.60. The molecule has 12 bridgehead atoms. The first-order chi connectivity index (χ1) is 60.1. The fourth-order valence-corrected chi connectivity index (χ4v) is 24.1. The molecule has 0 aromatic rings. The van der Waals surface area contributed by atoms with Gasteiger partial charge in [0.1, 0.15) is 0 Å². The fraction of sp³-hybridized carbons (Fsp3) is 1.00. The second-order valence-electron chi connectivity index (χ2n) is 54.8. The molecule has 0 heterocycles. The lowest BCUT2D eigenvalue weighted by atomic mass is 9.49. The summed E-state index contributed by atoms with van der Waals surface area (Å²) in [6, 6.07) is 13.8. The fourth-order valence-electron chi connectivity index (χ4n) is 24.1. The molecule has 13 heteroatoms. The van der Waals surface area contributed by atoms with Crippen LogP contribution in [0.1, 0.15) is 518 Å². The standard InChI is InChI=1S/C14H25N.C13H23N.2C10H19N.C10H23N.C9H21N.2C8H17N.2C8H19N.C7H15N.C7H17N.C6H15N/c1-10(2)15-9-14-6-11-3-12(7-14)5-13(4-11)8-14;1-9(2)14-13-6-10-3-11(7-13)5-12(4-10)8-13;2*1-7(2)11-10-6-8-3-4-9(10)5-8;1-8(2)11-10(6,7)9(3,4)5;1-7(2)10-8(3)9(4,5)6;1-7(2)9(3)8-5-4-6-8;1-7(2)9-8(3)5-4-6-8;1-7(2)9(6)8(3,4)5;1-6-8(4,5)9-7(2)3;1-6(2)8-7-4-3-5-7;1-5-7(4)8-6(2)3;1-5(2)7-6(3)4/h10-13,15H,3-9H2,1-2H3;9-12,14H,3-8H2,1-2H3;2*7-11H,3-6H2,1-2H3;8,11H,1-7H3;7-8,10H,1-6H3;7-8H,4-6H2,1-3H3;7,9H,4-6H2,1-3H3;7H,1-6H3;7,9H,6H2,1-5H3;6-8H,3-5H2,1-2H3;6-8H,5H2,1-4H3;5-7H,1-4H3. The lowest BCUT2D eigenvalue weighted by Crippen LogP contribution is -2.59. The maximum Gasteiger partial charge on any atom is 0.0191 e. The van der Waals surface area contributed by atoms with Crippen LogP contribution >= 0.6 is 0 Å². The Kier molecular flexibility index (Phi) is 60.3. The molecule has 0 aliphatic heterocycles. The first-order valence-electron chi connectivity index (χ1n) is 56.9. The summed E-state index contributed by atoms with van der Waals surface area (Å²) in [6.07, 6.45) is 45.5. The van der Waals surface area contributed by atoms with Gasteiger partial charge in [0, 0.05) is 155 Å². The van der Waals surface area contributed by atoms with E-state index in [-0.39, 0.29) is 5.54 Å². The Labute approximate surface area is 825 Å². The molecule has 15 fully saturated rings. The first kappa shape index (κ1) is 128. The van der Waals surface area contributed by atoms with Crippen molar-refractivity contribution in [2.75, 3.05) is 20.6 Å². The Morgan fingerprint density at radius 2 is 0.733 bits per heavy atom. The van der Waals surface area contributed by atoms with Gasteiger partial charge in [-0.3, -0.25) is 4.90 Å². The largest absolute Gasteiger partial charge is 0.314 e. The normalized spacial score (nSPS) is 28.0. The molecule has 15 saturated carbocycles. The van der Waals surface area contributed by atoms with Crippen molar-refractivity contribution in [1.29, 1.82) is 0 Å². The van der Waals surface area contributed by atoms with Gasteiger partial charge in [-0.15, -0.1) is 0 Å². The zero-order valence-electron chi connectivity index (χ0n) is 98.3. The van der Waals surface area contributed by atoms with Gasteiger partial charge in [-0.2, -0.15) is 0 Å². The molecule has 8 atom stereocenters. The third-order valence-electron chi connectivity index (χ3n) is 32.2. The lowest BCUT2D eigenvalue weighted by molar-refractivity contribution is -0.0520. The van der Waals surface area contributed by atoms with Crippen molar-refractivity contribution in [3.8, 4) is 0 Å². The van der Waals surface area contributed by atoms with Gasteiger partial charge in [0.2, 0.25) is 0 Å². The van der Waals surface area contributed by atoms with E-state index < -0.39 is 0 Å². The van der Waals surface area contributed by atoms with Crippen LogP contribution in [-0.4, -0.2) is 179 Å². The van der Waals surface area contributed by atoms with Crippen molar-refractivity contribution < 1.29 is 0 Å². The van der Waals surface area contributed by atoms with Crippen molar-refractivity contribution in [3.63, 3.8) is 0 Å². The van der Waals surface area contributed by atoms with E-state index in [0.29, 0.717) is 124 Å². The molecule has 0 aromatic heterocycles. The van der Waals surface area contributed by atoms with Crippen LogP contribution in [-0.2, 0) is 0 Å². The van der Waals surface area contributed by atoms with E-state index in [2.05, 4.69) is 401 Å². The van der Waals surface area contributed by atoms with E-state index >= 15 is 0 Å². The molecular weight excluding hydrogens is 1600 g/mol. The molecule has 0 radical (unpaired) electrons. The van der Waals surface area contributed by atoms with Crippen molar-refractivity contribution in [3.05, 3.63) is 0 Å². The van der Waals surface area contributed by atoms with E-state index in [4.69, 9.17) is 0 Å². The molecule has 0 aromatic carbocycles. The second kappa shape index (κ2) is 61.5. The Hall–Kier alpha value is -0.520. The summed E-state index contributed by atoms with van der Waals surface area (Å²) in [5.41, 5.74) is 3.32. The number of nitrogens with zero attached hydrogens (tertiary/aromatic N) is 2. The summed E-state index contributed by atoms with van der Waals surface area (Å²) < 4.78 is 0. The molecule has 8 unspecified atom stereocenters. The molecule has 786 valence electrons. The molecule has 15 aliphatic carbocycles. The Morgan fingerprint density at radius 1 is 0.351 bits per heavy atom. The predicted octanol–water partition coefficient (Wildman–Crippen LogP) is 28.5. The van der Waals surface area contributed by atoms with E-state index in [9.17, 15) is 0 Å². The molecule has 0 saturated heterocycles. The third-order valence-corrected chi connectivity index (χ3v) is 32.2. The van der Waals surface area contributed by atoms with E-state index in [1.807, 2.05) is 0 Å². The quantitative estimate of drug-likeness (QED) is 0.0363. The van der Waals surface area contributed by atoms with Crippen LogP contribution in [0.5, 0.6) is 0 Å². The Balaban J connectivity index is 0.000000714. The topological polar surface area (TPSA) is 139 Å². The van der Waals surface area contributed by atoms with Crippen LogP contribution in [0.25, 0.3) is 0 Å². The minimum Gasteiger partial charge on any atom is -0.314 e. The monoisotopic (exact) mass is 1850 g/mol. The van der Waals surface area contributed by atoms with Crippen molar-refractivity contribution in [2.45, 2.75) is 666 Å². The van der Waals surface area contributed by atoms with Crippen LogP contribution < -0.4 is 58.5 Å². The van der Waals surface area contributed by atoms with Gasteiger partial charge < -0.3 is 63.4 Å². The smallest absolute Gasteiger partial charge is 0.0191 e. The number of nitrogens with one attached hydrogen (secondary N) is 11. The van der Waals surface area contributed by atoms with E-state index in [1.54, 1.807) is 57.8 Å². The van der Waals surface area contributed by atoms with E-state index in [0.717, 1.165) is 94.8 Å². The minimum absolute atomic E-state index is 0.209. The van der Waals surface area contributed by atoms with Gasteiger partial charge in [-0.25, -0.2) is 0 Å². The van der Waals surface area contributed by atoms with Crippen molar-refractivity contribution in [2.24, 2.45) is 75.4 Å². The highest BCUT2D eigenvalue weighted by Gasteiger charge is 2.52. The highest BCUT2D eigenvalue weighted by molar-refractivity contribution is 5.08. The zero-order chi connectivity index (χ0) is 101. The molecule has 15 aliphatic rings. The molecule has 13 nitrogen and oxygen atoms in total. The maximum atomic E-state index is 3.89. The second-order valence-corrected chi connectivity index (χ2v) is 54.8. The van der Waals surface area contributed by atoms with Gasteiger partial charge in [0.05, 0.1) is 0 Å². The van der Waals surface area contributed by atoms with Gasteiger partial charge in [-0.05, 0) is 360 Å². The van der Waals surface area contributed by atoms with Crippen LogP contribution in [0.2, 0.25) is 0 Å². The summed E-state index contributed by atoms with van der Waals surface area (Å²) in [7, 11) is 4.39. The predicted molar refractivity (Wildman–Crippen MR) is 591 cm³/mol. The third kappa shape index (κ3) is 55.1. The molecule has 131 heavy (non-hydrogen) atoms. The number of hydrogen-bond acceptors (Lipinski definition) is 13. The summed E-state index contributed by atoms with van der Waals surface area (Å²) in [5, 5.41) is 39.2. The van der Waals surface area contributed by atoms with Gasteiger partial charge in [0.25, 0.3) is 0 Å². The van der Waals surface area contributed by atoms with Crippen molar-refractivity contribution >= 4 is 0 Å². The van der Waals surface area contributed by atoms with Crippen LogP contribution in [0.4, 0.5) is 0 Å². The van der Waals surface area contributed by atoms with Crippen LogP contribution in [0.3, 0.4) is 0 Å². The maximum absolute atomic E-state index is 3.89. The number of hydrogen-bond donors (Lipinski definition) is 11. The molecule has 0 amide bonds. The Morgan fingerprint density at radius 3 is 0.901 bits per heavy atom. The number of fused-ring (bicyclic) bond motifs is 4. The summed E-state index contributed by atoms with van der Waals surface area (Å²) in [6.45, 7) is 104. The summed E-state index contributed by atoms with van der Waals surface area (Å²) in [4.78, 5) is 4.83. The average molecular weight is 1850 g/mol. The van der Waals surface area contributed by atoms with Crippen LogP contribution in [0.15, 0.2) is 0 Å². The minimum atomic E-state index is 0.209. The molecule has 0 spiro atoms. The summed E-state index contributed by atoms with van der Waals surface area (Å²) >= 11 is 0. The molecule has 15 rings (SSSR count). The first-order valence-corrected chi connectivity index (χ1v) is 56.9. The average Bonchev–Trinajstić information content (AvgIpc) is 1.75. The molecule has 11 N–H and O–H groups in total. The Bertz CT molecular complexity index is 2650. The van der Waals surface area contributed by atoms with Crippen molar-refractivity contribution in [1.82, 2.24) is 68.3 Å². The summed E-state index contributed by atoms with van der Waals surface area (Å²) in [5.74, 6) is 10.8. The SMILES string of the molecule is CC(C)N(C)C(C)(C)C.CC(C)N(C)C1CCC1.CC(C)NC(C)(C)C(C)(C)C.CC(C)NC(C)C.CC(C)NC(C)C(C)(C)C.CC(C)NC1(C)CCC1.CC(C)NC12CC3CC(CC(C3)C1)C2.CC(C)NC1CC2CCC1C2.CC(C)NC1CC2CCC1C2.CC(C)NC1CCC1.CC(C)NCC12CC3CC(CC(C3)C1)C2.CCC(C)(C)NC(C)C.CCC(C)NC(C)C. The van der Waals surface area contributed by atoms with E-state index in [1.165, 1.54) is 148 Å². The lowest BCUT2D eigenvalue weighted by Gasteiger charge is -2.57. The highest BCUT2D eigenvalue weighted by atomic mass is 15.2.